The summed E-state index contributed by atoms with van der Waals surface area (Å²) >= 11 is 0. The summed E-state index contributed by atoms with van der Waals surface area (Å²) in [6, 6.07) is 12.2. The number of hydrogen-bond acceptors (Lipinski definition) is 4. The quantitative estimate of drug-likeness (QED) is 0.688. The number of likely N-dealkylation sites (N-methyl/N-ethyl adjacent to an activating group) is 1. The number of aromatic nitrogens is 3. The summed E-state index contributed by atoms with van der Waals surface area (Å²) in [5.74, 6) is 1.34. The smallest absolute Gasteiger partial charge is 0.253 e. The Kier molecular flexibility index (Phi) is 4.56. The SMILES string of the molecule is CN(CCc1ccccc1)c1cc(C(=O)NCC2CC2)c2[nH]cnc2n1. The molecule has 1 aliphatic rings. The number of benzene rings is 1. The standard InChI is InChI=1S/C20H23N5O/c1-25(10-9-14-5-3-2-4-6-14)17-11-16(18-19(24-17)23-13-22-18)20(26)21-12-15-7-8-15/h2-6,11,13,15H,7-10,12H2,1H3,(H,21,26)(H,22,23,24). The average molecular weight is 349 g/mol. The first-order valence-corrected chi connectivity index (χ1v) is 9.08. The van der Waals surface area contributed by atoms with Gasteiger partial charge in [-0.2, -0.15) is 0 Å². The molecule has 2 aromatic heterocycles. The molecule has 0 aliphatic heterocycles. The van der Waals surface area contributed by atoms with E-state index in [0.717, 1.165) is 25.3 Å². The van der Waals surface area contributed by atoms with Crippen LogP contribution in [-0.4, -0.2) is 41.0 Å². The molecule has 3 aromatic rings. The minimum atomic E-state index is -0.0636. The van der Waals surface area contributed by atoms with Crippen LogP contribution in [0.3, 0.4) is 0 Å². The fraction of sp³-hybridized carbons (Fsp3) is 0.350. The zero-order valence-corrected chi connectivity index (χ0v) is 14.9. The minimum absolute atomic E-state index is 0.0636. The Balaban J connectivity index is 1.53. The maximum Gasteiger partial charge on any atom is 0.253 e. The highest BCUT2D eigenvalue weighted by Gasteiger charge is 2.23. The molecule has 1 saturated carbocycles. The summed E-state index contributed by atoms with van der Waals surface area (Å²) in [5, 5.41) is 3.03. The van der Waals surface area contributed by atoms with Crippen LogP contribution in [0.5, 0.6) is 0 Å². The van der Waals surface area contributed by atoms with E-state index in [1.54, 1.807) is 6.33 Å². The number of imidazole rings is 1. The van der Waals surface area contributed by atoms with Crippen molar-refractivity contribution in [2.45, 2.75) is 19.3 Å². The average Bonchev–Trinajstić information content (AvgIpc) is 3.39. The van der Waals surface area contributed by atoms with Crippen LogP contribution in [0.4, 0.5) is 5.82 Å². The molecule has 0 saturated heterocycles. The number of H-pyrrole nitrogens is 1. The molecule has 0 radical (unpaired) electrons. The molecule has 1 fully saturated rings. The Labute approximate surface area is 152 Å². The number of carbonyl (C=O) groups is 1. The van der Waals surface area contributed by atoms with Crippen molar-refractivity contribution < 1.29 is 4.79 Å². The van der Waals surface area contributed by atoms with Gasteiger partial charge in [-0.15, -0.1) is 0 Å². The number of fused-ring (bicyclic) bond motifs is 1. The summed E-state index contributed by atoms with van der Waals surface area (Å²) in [5.41, 5.74) is 3.15. The second-order valence-electron chi connectivity index (χ2n) is 6.94. The highest BCUT2D eigenvalue weighted by molar-refractivity contribution is 6.04. The lowest BCUT2D eigenvalue weighted by Crippen LogP contribution is -2.27. The van der Waals surface area contributed by atoms with Crippen molar-refractivity contribution in [1.82, 2.24) is 20.3 Å². The van der Waals surface area contributed by atoms with Gasteiger partial charge in [0.25, 0.3) is 5.91 Å². The Bertz CT molecular complexity index is 901. The zero-order valence-electron chi connectivity index (χ0n) is 14.9. The van der Waals surface area contributed by atoms with Crippen LogP contribution in [0, 0.1) is 5.92 Å². The third-order valence-electron chi connectivity index (χ3n) is 4.85. The Morgan fingerprint density at radius 2 is 2.12 bits per heavy atom. The van der Waals surface area contributed by atoms with Crippen molar-refractivity contribution in [1.29, 1.82) is 0 Å². The number of pyridine rings is 1. The molecular weight excluding hydrogens is 326 g/mol. The highest BCUT2D eigenvalue weighted by Crippen LogP contribution is 2.28. The third kappa shape index (κ3) is 3.69. The van der Waals surface area contributed by atoms with E-state index in [9.17, 15) is 4.79 Å². The molecule has 1 aliphatic carbocycles. The molecule has 6 nitrogen and oxygen atoms in total. The summed E-state index contributed by atoms with van der Waals surface area (Å²) in [6.07, 6.45) is 4.93. The fourth-order valence-corrected chi connectivity index (χ4v) is 3.00. The lowest BCUT2D eigenvalue weighted by Gasteiger charge is -2.19. The first kappa shape index (κ1) is 16.6. The molecule has 1 aromatic carbocycles. The number of carbonyl (C=O) groups excluding carboxylic acids is 1. The van der Waals surface area contributed by atoms with Crippen molar-refractivity contribution in [2.24, 2.45) is 5.92 Å². The number of rotatable bonds is 7. The molecule has 2 heterocycles. The predicted molar refractivity (Wildman–Crippen MR) is 102 cm³/mol. The van der Waals surface area contributed by atoms with Crippen molar-refractivity contribution in [3.8, 4) is 0 Å². The minimum Gasteiger partial charge on any atom is -0.359 e. The summed E-state index contributed by atoms with van der Waals surface area (Å²) in [4.78, 5) is 26.6. The van der Waals surface area contributed by atoms with Crippen LogP contribution in [0.15, 0.2) is 42.7 Å². The number of aromatic amines is 1. The largest absolute Gasteiger partial charge is 0.359 e. The van der Waals surface area contributed by atoms with Crippen molar-refractivity contribution in [3.05, 3.63) is 53.9 Å². The van der Waals surface area contributed by atoms with E-state index in [-0.39, 0.29) is 5.91 Å². The maximum atomic E-state index is 12.6. The summed E-state index contributed by atoms with van der Waals surface area (Å²) in [7, 11) is 2.00. The number of hydrogen-bond donors (Lipinski definition) is 2. The Morgan fingerprint density at radius 3 is 2.88 bits per heavy atom. The van der Waals surface area contributed by atoms with Gasteiger partial charge in [0.1, 0.15) is 5.82 Å². The van der Waals surface area contributed by atoms with Gasteiger partial charge in [0.2, 0.25) is 0 Å². The second-order valence-corrected chi connectivity index (χ2v) is 6.94. The first-order chi connectivity index (χ1) is 12.7. The van der Waals surface area contributed by atoms with Crippen LogP contribution in [-0.2, 0) is 6.42 Å². The van der Waals surface area contributed by atoms with Crippen LogP contribution in [0.2, 0.25) is 0 Å². The second kappa shape index (κ2) is 7.15. The number of nitrogens with one attached hydrogen (secondary N) is 2. The molecule has 0 spiro atoms. The summed E-state index contributed by atoms with van der Waals surface area (Å²) < 4.78 is 0. The highest BCUT2D eigenvalue weighted by atomic mass is 16.1. The number of nitrogens with zero attached hydrogens (tertiary/aromatic N) is 3. The molecule has 6 heteroatoms. The van der Waals surface area contributed by atoms with E-state index in [2.05, 4.69) is 37.3 Å². The van der Waals surface area contributed by atoms with Crippen LogP contribution >= 0.6 is 0 Å². The van der Waals surface area contributed by atoms with E-state index in [0.29, 0.717) is 22.6 Å². The van der Waals surface area contributed by atoms with Crippen molar-refractivity contribution in [2.75, 3.05) is 25.0 Å². The topological polar surface area (TPSA) is 73.9 Å². The molecule has 2 N–H and O–H groups in total. The van der Waals surface area contributed by atoms with Gasteiger partial charge in [-0.1, -0.05) is 30.3 Å². The van der Waals surface area contributed by atoms with Crippen LogP contribution < -0.4 is 10.2 Å². The van der Waals surface area contributed by atoms with Gasteiger partial charge in [0.15, 0.2) is 5.65 Å². The Morgan fingerprint density at radius 1 is 1.31 bits per heavy atom. The molecule has 0 bridgehead atoms. The normalized spacial score (nSPS) is 13.7. The van der Waals surface area contributed by atoms with Gasteiger partial charge < -0.3 is 15.2 Å². The monoisotopic (exact) mass is 349 g/mol. The molecule has 134 valence electrons. The molecule has 0 atom stereocenters. The van der Waals surface area contributed by atoms with Gasteiger partial charge >= 0.3 is 0 Å². The first-order valence-electron chi connectivity index (χ1n) is 9.08. The van der Waals surface area contributed by atoms with Crippen molar-refractivity contribution in [3.63, 3.8) is 0 Å². The molecule has 0 unspecified atom stereocenters. The van der Waals surface area contributed by atoms with Gasteiger partial charge in [-0.25, -0.2) is 9.97 Å². The van der Waals surface area contributed by atoms with E-state index < -0.39 is 0 Å². The molecule has 26 heavy (non-hydrogen) atoms. The molecular formula is C20H23N5O. The van der Waals surface area contributed by atoms with E-state index in [4.69, 9.17) is 0 Å². The van der Waals surface area contributed by atoms with E-state index in [1.807, 2.05) is 31.3 Å². The van der Waals surface area contributed by atoms with Gasteiger partial charge in [-0.05, 0) is 36.8 Å². The molecule has 4 rings (SSSR count). The van der Waals surface area contributed by atoms with E-state index in [1.165, 1.54) is 18.4 Å². The number of amides is 1. The molecule has 1 amide bonds. The van der Waals surface area contributed by atoms with Gasteiger partial charge in [-0.3, -0.25) is 4.79 Å². The number of anilines is 1. The predicted octanol–water partition coefficient (Wildman–Crippen LogP) is 2.78. The maximum absolute atomic E-state index is 12.6. The third-order valence-corrected chi connectivity index (χ3v) is 4.85. The van der Waals surface area contributed by atoms with Crippen LogP contribution in [0.1, 0.15) is 28.8 Å². The fourth-order valence-electron chi connectivity index (χ4n) is 3.00. The lowest BCUT2D eigenvalue weighted by atomic mass is 10.1. The Hall–Kier alpha value is -2.89. The van der Waals surface area contributed by atoms with Gasteiger partial charge in [0, 0.05) is 20.1 Å². The van der Waals surface area contributed by atoms with Gasteiger partial charge in [0.05, 0.1) is 17.4 Å². The van der Waals surface area contributed by atoms with Crippen LogP contribution in [0.25, 0.3) is 11.2 Å². The van der Waals surface area contributed by atoms with E-state index >= 15 is 0 Å². The summed E-state index contributed by atoms with van der Waals surface area (Å²) in [6.45, 7) is 1.56. The zero-order chi connectivity index (χ0) is 17.9. The lowest BCUT2D eigenvalue weighted by molar-refractivity contribution is 0.0953. The van der Waals surface area contributed by atoms with Crippen molar-refractivity contribution >= 4 is 22.9 Å².